The number of nitrogens with one attached hydrogen (secondary N) is 1. The molecule has 0 aliphatic carbocycles. The Balaban J connectivity index is 2.95. The summed E-state index contributed by atoms with van der Waals surface area (Å²) in [7, 11) is 0. The third-order valence-electron chi connectivity index (χ3n) is 3.96. The molecule has 1 heteroatoms. The zero-order valence-corrected chi connectivity index (χ0v) is 13.5. The van der Waals surface area contributed by atoms with Gasteiger partial charge in [-0.25, -0.2) is 0 Å². The van der Waals surface area contributed by atoms with E-state index in [1.165, 1.54) is 17.5 Å². The zero-order valence-electron chi connectivity index (χ0n) is 13.5. The lowest BCUT2D eigenvalue weighted by Gasteiger charge is -2.28. The Bertz CT molecular complexity index is 368. The van der Waals surface area contributed by atoms with E-state index < -0.39 is 0 Å². The van der Waals surface area contributed by atoms with Gasteiger partial charge in [-0.1, -0.05) is 65.8 Å². The SMILES string of the molecule is CCNC(c1cccc(CC(C)C)c1)C(C)C(C)C. The molecule has 0 spiro atoms. The Labute approximate surface area is 119 Å². The van der Waals surface area contributed by atoms with Crippen molar-refractivity contribution >= 4 is 0 Å². The van der Waals surface area contributed by atoms with E-state index in [0.717, 1.165) is 12.5 Å². The van der Waals surface area contributed by atoms with Gasteiger partial charge in [-0.3, -0.25) is 0 Å². The first kappa shape index (κ1) is 16.2. The molecule has 0 amide bonds. The summed E-state index contributed by atoms with van der Waals surface area (Å²) in [6, 6.07) is 9.61. The first-order chi connectivity index (χ1) is 8.95. The van der Waals surface area contributed by atoms with Gasteiger partial charge < -0.3 is 5.32 Å². The molecule has 0 aliphatic heterocycles. The van der Waals surface area contributed by atoms with Crippen LogP contribution in [0.15, 0.2) is 24.3 Å². The predicted molar refractivity (Wildman–Crippen MR) is 85.4 cm³/mol. The quantitative estimate of drug-likeness (QED) is 0.741. The third kappa shape index (κ3) is 4.99. The summed E-state index contributed by atoms with van der Waals surface area (Å²) in [6.45, 7) is 14.8. The van der Waals surface area contributed by atoms with Gasteiger partial charge in [-0.15, -0.1) is 0 Å². The van der Waals surface area contributed by atoms with Crippen LogP contribution >= 0.6 is 0 Å². The van der Waals surface area contributed by atoms with Gasteiger partial charge in [0.1, 0.15) is 0 Å². The predicted octanol–water partition coefficient (Wildman–Crippen LogP) is 4.83. The maximum atomic E-state index is 3.66. The lowest BCUT2D eigenvalue weighted by molar-refractivity contribution is 0.307. The molecule has 1 aromatic rings. The highest BCUT2D eigenvalue weighted by molar-refractivity contribution is 5.27. The van der Waals surface area contributed by atoms with Crippen molar-refractivity contribution in [1.82, 2.24) is 5.32 Å². The monoisotopic (exact) mass is 261 g/mol. The van der Waals surface area contributed by atoms with Gasteiger partial charge in [-0.05, 0) is 41.8 Å². The van der Waals surface area contributed by atoms with Crippen molar-refractivity contribution in [1.29, 1.82) is 0 Å². The van der Waals surface area contributed by atoms with Crippen LogP contribution in [-0.2, 0) is 6.42 Å². The van der Waals surface area contributed by atoms with E-state index in [9.17, 15) is 0 Å². The molecule has 19 heavy (non-hydrogen) atoms. The molecule has 1 rings (SSSR count). The fourth-order valence-corrected chi connectivity index (χ4v) is 2.60. The van der Waals surface area contributed by atoms with Gasteiger partial charge >= 0.3 is 0 Å². The molecule has 0 fully saturated rings. The Morgan fingerprint density at radius 3 is 2.26 bits per heavy atom. The van der Waals surface area contributed by atoms with Crippen molar-refractivity contribution < 1.29 is 0 Å². The molecule has 2 atom stereocenters. The molecule has 0 saturated carbocycles. The van der Waals surface area contributed by atoms with Gasteiger partial charge in [0.15, 0.2) is 0 Å². The van der Waals surface area contributed by atoms with E-state index >= 15 is 0 Å². The number of hydrogen-bond acceptors (Lipinski definition) is 1. The first-order valence-corrected chi connectivity index (χ1v) is 7.77. The number of hydrogen-bond donors (Lipinski definition) is 1. The molecule has 0 radical (unpaired) electrons. The van der Waals surface area contributed by atoms with Crippen LogP contribution in [0.4, 0.5) is 0 Å². The van der Waals surface area contributed by atoms with Crippen LogP contribution in [0, 0.1) is 17.8 Å². The van der Waals surface area contributed by atoms with Gasteiger partial charge in [0.2, 0.25) is 0 Å². The molecule has 1 nitrogen and oxygen atoms in total. The minimum atomic E-state index is 0.470. The lowest BCUT2D eigenvalue weighted by atomic mass is 9.85. The number of rotatable bonds is 7. The average molecular weight is 261 g/mol. The second-order valence-corrected chi connectivity index (χ2v) is 6.48. The van der Waals surface area contributed by atoms with Crippen molar-refractivity contribution in [2.45, 2.75) is 54.0 Å². The van der Waals surface area contributed by atoms with E-state index in [1.54, 1.807) is 0 Å². The van der Waals surface area contributed by atoms with Crippen LogP contribution in [0.3, 0.4) is 0 Å². The Kier molecular flexibility index (Phi) is 6.57. The number of benzene rings is 1. The van der Waals surface area contributed by atoms with Crippen LogP contribution in [0.2, 0.25) is 0 Å². The summed E-state index contributed by atoms with van der Waals surface area (Å²) in [4.78, 5) is 0. The van der Waals surface area contributed by atoms with Gasteiger partial charge in [0.25, 0.3) is 0 Å². The van der Waals surface area contributed by atoms with E-state index in [0.29, 0.717) is 17.9 Å². The summed E-state index contributed by atoms with van der Waals surface area (Å²) in [5.41, 5.74) is 2.91. The Morgan fingerprint density at radius 1 is 1.05 bits per heavy atom. The molecule has 1 aromatic carbocycles. The fraction of sp³-hybridized carbons (Fsp3) is 0.667. The fourth-order valence-electron chi connectivity index (χ4n) is 2.60. The van der Waals surface area contributed by atoms with Crippen molar-refractivity contribution in [3.05, 3.63) is 35.4 Å². The molecule has 0 bridgehead atoms. The standard InChI is InChI=1S/C18H31N/c1-7-19-18(15(6)14(4)5)17-10-8-9-16(12-17)11-13(2)3/h8-10,12-15,18-19H,7,11H2,1-6H3. The molecular weight excluding hydrogens is 230 g/mol. The second-order valence-electron chi connectivity index (χ2n) is 6.48. The van der Waals surface area contributed by atoms with E-state index in [4.69, 9.17) is 0 Å². The topological polar surface area (TPSA) is 12.0 Å². The Hall–Kier alpha value is -0.820. The maximum Gasteiger partial charge on any atom is 0.0348 e. The summed E-state index contributed by atoms with van der Waals surface area (Å²) in [5.74, 6) is 2.06. The van der Waals surface area contributed by atoms with Crippen molar-refractivity contribution in [2.24, 2.45) is 17.8 Å². The van der Waals surface area contributed by atoms with Crippen molar-refractivity contribution in [3.8, 4) is 0 Å². The lowest BCUT2D eigenvalue weighted by Crippen LogP contribution is -2.29. The molecule has 0 saturated heterocycles. The minimum absolute atomic E-state index is 0.470. The molecule has 0 aromatic heterocycles. The highest BCUT2D eigenvalue weighted by Crippen LogP contribution is 2.28. The van der Waals surface area contributed by atoms with Crippen LogP contribution in [-0.4, -0.2) is 6.54 Å². The smallest absolute Gasteiger partial charge is 0.0348 e. The molecule has 0 aliphatic rings. The maximum absolute atomic E-state index is 3.66. The zero-order chi connectivity index (χ0) is 14.4. The molecule has 0 heterocycles. The average Bonchev–Trinajstić information content (AvgIpc) is 2.34. The first-order valence-electron chi connectivity index (χ1n) is 7.77. The molecule has 2 unspecified atom stereocenters. The third-order valence-corrected chi connectivity index (χ3v) is 3.96. The van der Waals surface area contributed by atoms with Crippen LogP contribution in [0.1, 0.15) is 58.7 Å². The Morgan fingerprint density at radius 2 is 1.74 bits per heavy atom. The highest BCUT2D eigenvalue weighted by Gasteiger charge is 2.21. The van der Waals surface area contributed by atoms with Gasteiger partial charge in [-0.2, -0.15) is 0 Å². The van der Waals surface area contributed by atoms with E-state index in [-0.39, 0.29) is 0 Å². The summed E-state index contributed by atoms with van der Waals surface area (Å²) >= 11 is 0. The summed E-state index contributed by atoms with van der Waals surface area (Å²) < 4.78 is 0. The van der Waals surface area contributed by atoms with Crippen LogP contribution in [0.5, 0.6) is 0 Å². The second kappa shape index (κ2) is 7.69. The largest absolute Gasteiger partial charge is 0.310 e. The molecule has 1 N–H and O–H groups in total. The van der Waals surface area contributed by atoms with E-state index in [1.807, 2.05) is 0 Å². The molecular formula is C18H31N. The normalized spacial score (nSPS) is 14.9. The van der Waals surface area contributed by atoms with Crippen LogP contribution in [0.25, 0.3) is 0 Å². The highest BCUT2D eigenvalue weighted by atomic mass is 14.9. The van der Waals surface area contributed by atoms with Crippen molar-refractivity contribution in [3.63, 3.8) is 0 Å². The summed E-state index contributed by atoms with van der Waals surface area (Å²) in [5, 5.41) is 3.66. The van der Waals surface area contributed by atoms with Crippen LogP contribution < -0.4 is 5.32 Å². The van der Waals surface area contributed by atoms with Gasteiger partial charge in [0.05, 0.1) is 0 Å². The minimum Gasteiger partial charge on any atom is -0.310 e. The van der Waals surface area contributed by atoms with E-state index in [2.05, 4.69) is 71.1 Å². The summed E-state index contributed by atoms with van der Waals surface area (Å²) in [6.07, 6.45) is 1.17. The van der Waals surface area contributed by atoms with Crippen molar-refractivity contribution in [2.75, 3.05) is 6.54 Å². The molecule has 108 valence electrons. The van der Waals surface area contributed by atoms with Gasteiger partial charge in [0, 0.05) is 6.04 Å².